The number of carboxylic acid groups (broad SMARTS) is 3. The lowest BCUT2D eigenvalue weighted by Crippen LogP contribution is -2.10. The predicted octanol–water partition coefficient (Wildman–Crippen LogP) is 18.4. The first-order valence-corrected chi connectivity index (χ1v) is 42.3. The monoisotopic (exact) mass is 1930 g/mol. The molecular formula is C102H162O34. The number of aliphatic hydroxyl groups is 2. The number of aliphatic hydroxyl groups excluding tert-OH is 2. The molecule has 0 aliphatic heterocycles. The standard InChI is InChI=1S/C16H16O2.C11H14O2.C10H12O2.C8H14O4.C8H12O3.C6H10O4.2C6H12O2.C5H8O3.2C5H10O2.C5H10O.2C4H8O2.C3H6O/c1-2-17-12-13-18-16-10-8-15(9-11-16)14-6-4-3-5-7-14;1-3-12-8-9-13-11-6-4-10(2)5-7-11;1-2-11-8-9-12-10-6-4-3-5-7-10;1-2-11-5-3-4-6-12-7-8(9)10;1-4-10-5-6-11-8(9)7(2)3;1-2-9-3-4-10-5-6(7)8;2*1-3-7-5-6-8-4-2;1-2-8-4-3-5(6)7;2*1-3-7-5-4-6-2;1-4-6-5(2)3;2*1-2-6-4-3-5;1-3-4-2/h2-11H,1,12-13H2;3-7H,1,8-9H2,2H3;2-7H,1,8-9H2;2H,1,3-7H2,(H,9,10);4H,1-2,5-6H2,3H3;2H,1,3-5H2,(H,7,8);2*3H,1,4-6H2,2H3;2H,1,3-4H2,(H,6,7);2*3H,1,4-5H2,2H3;4-5H,1H2,2-3H3;2*2,5H,1,3-4H2;3H,1H2,2H3. The summed E-state index contributed by atoms with van der Waals surface area (Å²) in [6.07, 6.45) is 22.5. The van der Waals surface area contributed by atoms with E-state index >= 15 is 0 Å². The Kier molecular flexibility index (Phi) is 149. The van der Waals surface area contributed by atoms with Crippen LogP contribution in [0.2, 0.25) is 0 Å². The number of methoxy groups -OCH3 is 3. The minimum Gasteiger partial charge on any atom is -0.505 e. The molecule has 4 aromatic rings. The number of esters is 1. The first-order chi connectivity index (χ1) is 65.8. The smallest absolute Gasteiger partial charge is 0.333 e. The number of benzene rings is 4. The fourth-order valence-electron chi connectivity index (χ4n) is 6.56. The van der Waals surface area contributed by atoms with Crippen LogP contribution in [-0.4, -0.2) is 268 Å². The zero-order valence-electron chi connectivity index (χ0n) is 82.1. The molecule has 5 N–H and O–H groups in total. The maximum Gasteiger partial charge on any atom is 0.333 e. The Balaban J connectivity index is -0.000000139. The fourth-order valence-corrected chi connectivity index (χ4v) is 6.56. The summed E-state index contributed by atoms with van der Waals surface area (Å²) in [7, 11) is 4.83. The predicted molar refractivity (Wildman–Crippen MR) is 535 cm³/mol. The number of carbonyl (C=O) groups excluding carboxylic acids is 1. The number of hydrogen-bond acceptors (Lipinski definition) is 31. The molecule has 0 aliphatic rings. The van der Waals surface area contributed by atoms with E-state index in [1.807, 2.05) is 120 Å². The second kappa shape index (κ2) is 140. The van der Waals surface area contributed by atoms with Gasteiger partial charge in [0.15, 0.2) is 0 Å². The van der Waals surface area contributed by atoms with Gasteiger partial charge in [-0.3, -0.25) is 4.79 Å². The van der Waals surface area contributed by atoms with E-state index in [2.05, 4.69) is 167 Å². The number of para-hydroxylation sites is 1. The molecule has 136 heavy (non-hydrogen) atoms. The highest BCUT2D eigenvalue weighted by Gasteiger charge is 2.03. The second-order valence-electron chi connectivity index (χ2n) is 23.3. The average molecular weight is 1930 g/mol. The molecule has 0 amide bonds. The van der Waals surface area contributed by atoms with Crippen LogP contribution in [0.3, 0.4) is 0 Å². The third-order valence-electron chi connectivity index (χ3n) is 12.3. The summed E-state index contributed by atoms with van der Waals surface area (Å²) in [5, 5.41) is 40.4. The van der Waals surface area contributed by atoms with Crippen LogP contribution in [0.1, 0.15) is 59.4 Å². The number of hydrogen-bond donors (Lipinski definition) is 5. The summed E-state index contributed by atoms with van der Waals surface area (Å²) in [5.74, 6) is -0.564. The van der Waals surface area contributed by atoms with Crippen molar-refractivity contribution in [2.24, 2.45) is 0 Å². The van der Waals surface area contributed by atoms with E-state index < -0.39 is 23.9 Å². The zero-order chi connectivity index (χ0) is 105. The van der Waals surface area contributed by atoms with Gasteiger partial charge in [-0.2, -0.15) is 0 Å². The van der Waals surface area contributed by atoms with Crippen molar-refractivity contribution in [2.45, 2.75) is 66.9 Å². The Labute approximate surface area is 811 Å². The molecule has 0 atom stereocenters. The van der Waals surface area contributed by atoms with Gasteiger partial charge in [0.05, 0.1) is 173 Å². The lowest BCUT2D eigenvalue weighted by molar-refractivity contribution is -0.143. The Morgan fingerprint density at radius 2 is 0.610 bits per heavy atom. The Bertz CT molecular complexity index is 3240. The maximum atomic E-state index is 10.7. The van der Waals surface area contributed by atoms with Crippen molar-refractivity contribution in [3.63, 3.8) is 0 Å². The highest BCUT2D eigenvalue weighted by molar-refractivity contribution is 5.86. The highest BCUT2D eigenvalue weighted by Crippen LogP contribution is 2.22. The summed E-state index contributed by atoms with van der Waals surface area (Å²) >= 11 is 0. The number of carboxylic acids is 3. The summed E-state index contributed by atoms with van der Waals surface area (Å²) in [6, 6.07) is 35.9. The molecule has 0 aromatic heterocycles. The lowest BCUT2D eigenvalue weighted by atomic mass is 10.1. The molecule has 0 saturated carbocycles. The molecule has 0 bridgehead atoms. The van der Waals surface area contributed by atoms with Crippen LogP contribution >= 0.6 is 0 Å². The molecule has 34 nitrogen and oxygen atoms in total. The van der Waals surface area contributed by atoms with E-state index in [0.717, 1.165) is 43.3 Å². The normalized spacial score (nSPS) is 8.65. The topological polar surface area (TPSA) is 400 Å². The van der Waals surface area contributed by atoms with E-state index in [-0.39, 0.29) is 58.8 Å². The molecule has 0 spiro atoms. The molecule has 4 rings (SSSR count). The number of ether oxygens (including phenoxy) is 25. The van der Waals surface area contributed by atoms with Crippen LogP contribution in [-0.2, 0) is 123 Å². The van der Waals surface area contributed by atoms with Gasteiger partial charge in [-0.25, -0.2) is 14.4 Å². The molecule has 0 aliphatic carbocycles. The van der Waals surface area contributed by atoms with E-state index in [0.29, 0.717) is 138 Å². The molecule has 34 heteroatoms. The van der Waals surface area contributed by atoms with Crippen molar-refractivity contribution >= 4 is 23.9 Å². The third-order valence-corrected chi connectivity index (χ3v) is 12.3. The minimum absolute atomic E-state index is 0.0337. The highest BCUT2D eigenvalue weighted by atomic mass is 16.6. The molecule has 0 fully saturated rings. The van der Waals surface area contributed by atoms with Gasteiger partial charge < -0.3 is 144 Å². The molecule has 0 saturated heterocycles. The first kappa shape index (κ1) is 146. The lowest BCUT2D eigenvalue weighted by Gasteiger charge is -2.07. The quantitative estimate of drug-likeness (QED) is 0.0119. The van der Waals surface area contributed by atoms with Gasteiger partial charge in [0.2, 0.25) is 0 Å². The minimum atomic E-state index is -0.974. The van der Waals surface area contributed by atoms with Crippen molar-refractivity contribution in [2.75, 3.05) is 213 Å². The Hall–Kier alpha value is -13.3. The van der Waals surface area contributed by atoms with E-state index in [4.69, 9.17) is 106 Å². The van der Waals surface area contributed by atoms with Gasteiger partial charge in [-0.1, -0.05) is 184 Å². The molecule has 0 heterocycles. The third kappa shape index (κ3) is 161. The average Bonchev–Trinajstić information content (AvgIpc) is 0.868. The first-order valence-electron chi connectivity index (χ1n) is 42.3. The molecule has 0 radical (unpaired) electrons. The second-order valence-corrected chi connectivity index (χ2v) is 23.3. The van der Waals surface area contributed by atoms with E-state index in [1.54, 1.807) is 28.3 Å². The largest absolute Gasteiger partial charge is 0.505 e. The van der Waals surface area contributed by atoms with Gasteiger partial charge >= 0.3 is 23.9 Å². The van der Waals surface area contributed by atoms with Crippen LogP contribution < -0.4 is 14.2 Å². The Morgan fingerprint density at radius 1 is 0.324 bits per heavy atom. The van der Waals surface area contributed by atoms with Crippen molar-refractivity contribution in [1.29, 1.82) is 0 Å². The molecule has 4 aromatic carbocycles. The van der Waals surface area contributed by atoms with Gasteiger partial charge in [0.1, 0.15) is 130 Å². The van der Waals surface area contributed by atoms with E-state index in [9.17, 15) is 19.2 Å². The molecule has 0 unspecified atom stereocenters. The van der Waals surface area contributed by atoms with Gasteiger partial charge in [-0.15, -0.1) is 0 Å². The number of aliphatic carboxylic acids is 3. The van der Waals surface area contributed by atoms with Crippen molar-refractivity contribution < 1.29 is 163 Å². The molecular weight excluding hydrogens is 1770 g/mol. The van der Waals surface area contributed by atoms with Crippen molar-refractivity contribution in [3.05, 3.63) is 320 Å². The van der Waals surface area contributed by atoms with Crippen LogP contribution in [0.25, 0.3) is 11.1 Å². The van der Waals surface area contributed by atoms with Crippen molar-refractivity contribution in [3.8, 4) is 28.4 Å². The van der Waals surface area contributed by atoms with Gasteiger partial charge in [0, 0.05) is 39.6 Å². The van der Waals surface area contributed by atoms with Crippen LogP contribution in [0.4, 0.5) is 0 Å². The fraction of sp³-hybridized carbons (Fsp3) is 0.412. The summed E-state index contributed by atoms with van der Waals surface area (Å²) in [4.78, 5) is 40.3. The Morgan fingerprint density at radius 3 is 0.904 bits per heavy atom. The number of aryl methyl sites for hydroxylation is 1. The number of rotatable bonds is 66. The summed E-state index contributed by atoms with van der Waals surface area (Å²) in [6.45, 7) is 77.6. The van der Waals surface area contributed by atoms with E-state index in [1.165, 1.54) is 111 Å². The van der Waals surface area contributed by atoms with Gasteiger partial charge in [0.25, 0.3) is 0 Å². The summed E-state index contributed by atoms with van der Waals surface area (Å²) < 4.78 is 120. The maximum absolute atomic E-state index is 10.7. The van der Waals surface area contributed by atoms with Crippen LogP contribution in [0, 0.1) is 6.92 Å². The van der Waals surface area contributed by atoms with Crippen molar-refractivity contribution in [1.82, 2.24) is 0 Å². The van der Waals surface area contributed by atoms with Gasteiger partial charge in [-0.05, 0) is 102 Å². The number of unbranched alkanes of at least 4 members (excludes halogenated alkanes) is 1. The summed E-state index contributed by atoms with van der Waals surface area (Å²) in [5.41, 5.74) is 4.02. The number of carbonyl (C=O) groups is 4. The molecule has 774 valence electrons. The van der Waals surface area contributed by atoms with Crippen LogP contribution in [0.15, 0.2) is 314 Å². The SMILES string of the molecule is C=COC.C=COC(C)C.C=COCCC(=O)O.C=COCCCCOCC(=O)O.C=COCCO.C=COCCO.C=COCCOC.C=COCCOC.C=COCCOC(=O)C(=C)C.C=COCCOCC.C=COCCOCC.C=COCCOCC(=O)O.C=COCCOc1ccc(-c2ccccc2)cc1.C=COCCOc1ccc(C)cc1.C=COCCOc1ccccc1. The van der Waals surface area contributed by atoms with Crippen LogP contribution in [0.5, 0.6) is 17.2 Å². The zero-order valence-corrected chi connectivity index (χ0v) is 82.1.